The van der Waals surface area contributed by atoms with Gasteiger partial charge in [0.2, 0.25) is 0 Å². The van der Waals surface area contributed by atoms with Gasteiger partial charge < -0.3 is 10.6 Å². The molecule has 0 atom stereocenters. The Kier molecular flexibility index (Phi) is 3.67. The van der Waals surface area contributed by atoms with E-state index in [-0.39, 0.29) is 5.82 Å². The van der Waals surface area contributed by atoms with Crippen molar-refractivity contribution in [2.24, 2.45) is 0 Å². The van der Waals surface area contributed by atoms with Crippen LogP contribution in [0.1, 0.15) is 11.1 Å². The molecule has 0 aliphatic heterocycles. The molecule has 0 aliphatic carbocycles. The average molecular weight is 255 g/mol. The zero-order valence-electron chi connectivity index (χ0n) is 10.6. The lowest BCUT2D eigenvalue weighted by Gasteiger charge is -2.20. The van der Waals surface area contributed by atoms with Crippen molar-refractivity contribution in [3.8, 4) is 6.07 Å². The maximum atomic E-state index is 13.6. The highest BCUT2D eigenvalue weighted by molar-refractivity contribution is 5.62. The Bertz CT molecular complexity index is 632. The van der Waals surface area contributed by atoms with Crippen LogP contribution >= 0.6 is 0 Å². The van der Waals surface area contributed by atoms with Gasteiger partial charge in [0.15, 0.2) is 0 Å². The molecule has 0 aliphatic rings. The van der Waals surface area contributed by atoms with E-state index in [1.165, 1.54) is 6.07 Å². The van der Waals surface area contributed by atoms with Gasteiger partial charge in [-0.15, -0.1) is 0 Å². The van der Waals surface area contributed by atoms with Crippen LogP contribution in [0.5, 0.6) is 0 Å². The first-order chi connectivity index (χ1) is 9.11. The molecule has 0 unspecified atom stereocenters. The molecule has 0 saturated heterocycles. The van der Waals surface area contributed by atoms with Gasteiger partial charge >= 0.3 is 0 Å². The Balaban J connectivity index is 2.24. The van der Waals surface area contributed by atoms with E-state index in [9.17, 15) is 4.39 Å². The minimum atomic E-state index is -0.231. The third kappa shape index (κ3) is 2.83. The predicted octanol–water partition coefficient (Wildman–Crippen LogP) is 2.92. The van der Waals surface area contributed by atoms with Gasteiger partial charge in [0.05, 0.1) is 5.56 Å². The number of hydrogen-bond acceptors (Lipinski definition) is 3. The highest BCUT2D eigenvalue weighted by Crippen LogP contribution is 2.21. The second-order valence-electron chi connectivity index (χ2n) is 4.33. The Morgan fingerprint density at radius 1 is 1.26 bits per heavy atom. The highest BCUT2D eigenvalue weighted by atomic mass is 19.1. The maximum Gasteiger partial charge on any atom is 0.128 e. The molecule has 2 aromatic rings. The molecule has 3 nitrogen and oxygen atoms in total. The number of rotatable bonds is 3. The normalized spacial score (nSPS) is 9.95. The second-order valence-corrected chi connectivity index (χ2v) is 4.33. The van der Waals surface area contributed by atoms with Crippen LogP contribution in [0.25, 0.3) is 0 Å². The van der Waals surface area contributed by atoms with Crippen molar-refractivity contribution >= 4 is 11.4 Å². The number of nitrogens with zero attached hydrogens (tertiary/aromatic N) is 2. The minimum absolute atomic E-state index is 0.231. The SMILES string of the molecule is CN(Cc1ccccc1F)c1ccc(N)c(C#N)c1. The summed E-state index contributed by atoms with van der Waals surface area (Å²) in [4.78, 5) is 1.87. The van der Waals surface area contributed by atoms with Crippen LogP contribution in [0.3, 0.4) is 0 Å². The molecule has 0 saturated carbocycles. The molecule has 0 fully saturated rings. The molecule has 0 amide bonds. The molecule has 0 radical (unpaired) electrons. The molecular weight excluding hydrogens is 241 g/mol. The first kappa shape index (κ1) is 12.9. The lowest BCUT2D eigenvalue weighted by molar-refractivity contribution is 0.608. The van der Waals surface area contributed by atoms with Crippen molar-refractivity contribution in [2.45, 2.75) is 6.54 Å². The fraction of sp³-hybridized carbons (Fsp3) is 0.133. The van der Waals surface area contributed by atoms with Gasteiger partial charge in [0, 0.05) is 30.5 Å². The standard InChI is InChI=1S/C15H14FN3/c1-19(10-11-4-2-3-5-14(11)16)13-6-7-15(18)12(8-13)9-17/h2-8H,10,18H2,1H3. The summed E-state index contributed by atoms with van der Waals surface area (Å²) in [7, 11) is 1.85. The molecule has 0 heterocycles. The molecule has 96 valence electrons. The highest BCUT2D eigenvalue weighted by Gasteiger charge is 2.08. The Morgan fingerprint density at radius 2 is 2.00 bits per heavy atom. The smallest absolute Gasteiger partial charge is 0.128 e. The van der Waals surface area contributed by atoms with Crippen molar-refractivity contribution in [3.05, 3.63) is 59.4 Å². The van der Waals surface area contributed by atoms with E-state index in [1.54, 1.807) is 30.3 Å². The van der Waals surface area contributed by atoms with Crippen molar-refractivity contribution in [1.82, 2.24) is 0 Å². The number of nitrogens with two attached hydrogens (primary N) is 1. The zero-order chi connectivity index (χ0) is 13.8. The van der Waals surface area contributed by atoms with Crippen LogP contribution in [-0.4, -0.2) is 7.05 Å². The van der Waals surface area contributed by atoms with E-state index in [2.05, 4.69) is 0 Å². The summed E-state index contributed by atoms with van der Waals surface area (Å²) in [5.41, 5.74) is 7.99. The second kappa shape index (κ2) is 5.40. The van der Waals surface area contributed by atoms with E-state index < -0.39 is 0 Å². The third-order valence-electron chi connectivity index (χ3n) is 2.96. The largest absolute Gasteiger partial charge is 0.398 e. The van der Waals surface area contributed by atoms with Crippen LogP contribution in [-0.2, 0) is 6.54 Å². The Morgan fingerprint density at radius 3 is 2.68 bits per heavy atom. The molecule has 2 aromatic carbocycles. The number of halogens is 1. The molecule has 0 bridgehead atoms. The maximum absolute atomic E-state index is 13.6. The van der Waals surface area contributed by atoms with Crippen molar-refractivity contribution < 1.29 is 4.39 Å². The van der Waals surface area contributed by atoms with Gasteiger partial charge in [-0.05, 0) is 24.3 Å². The van der Waals surface area contributed by atoms with Gasteiger partial charge in [-0.25, -0.2) is 4.39 Å². The molecule has 2 N–H and O–H groups in total. The molecule has 0 aromatic heterocycles. The minimum Gasteiger partial charge on any atom is -0.398 e. The van der Waals surface area contributed by atoms with Crippen LogP contribution in [0.2, 0.25) is 0 Å². The lowest BCUT2D eigenvalue weighted by atomic mass is 10.1. The quantitative estimate of drug-likeness (QED) is 0.858. The summed E-state index contributed by atoms with van der Waals surface area (Å²) in [5.74, 6) is -0.231. The van der Waals surface area contributed by atoms with E-state index in [0.29, 0.717) is 23.4 Å². The van der Waals surface area contributed by atoms with Gasteiger partial charge in [0.1, 0.15) is 11.9 Å². The summed E-state index contributed by atoms with van der Waals surface area (Å²) < 4.78 is 13.6. The topological polar surface area (TPSA) is 53.0 Å². The van der Waals surface area contributed by atoms with Crippen LogP contribution in [0.15, 0.2) is 42.5 Å². The van der Waals surface area contributed by atoms with Crippen molar-refractivity contribution in [3.63, 3.8) is 0 Å². The van der Waals surface area contributed by atoms with E-state index in [1.807, 2.05) is 24.1 Å². The third-order valence-corrected chi connectivity index (χ3v) is 2.96. The van der Waals surface area contributed by atoms with Crippen LogP contribution < -0.4 is 10.6 Å². The fourth-order valence-electron chi connectivity index (χ4n) is 1.85. The summed E-state index contributed by atoms with van der Waals surface area (Å²) in [6.07, 6.45) is 0. The lowest BCUT2D eigenvalue weighted by Crippen LogP contribution is -2.17. The van der Waals surface area contributed by atoms with Crippen LogP contribution in [0.4, 0.5) is 15.8 Å². The number of nitriles is 1. The van der Waals surface area contributed by atoms with Gasteiger partial charge in [0.25, 0.3) is 0 Å². The predicted molar refractivity (Wildman–Crippen MR) is 74.1 cm³/mol. The molecule has 0 spiro atoms. The fourth-order valence-corrected chi connectivity index (χ4v) is 1.85. The summed E-state index contributed by atoms with van der Waals surface area (Å²) in [6.45, 7) is 0.432. The summed E-state index contributed by atoms with van der Waals surface area (Å²) >= 11 is 0. The van der Waals surface area contributed by atoms with Crippen LogP contribution in [0, 0.1) is 17.1 Å². The van der Waals surface area contributed by atoms with Crippen molar-refractivity contribution in [2.75, 3.05) is 17.7 Å². The van der Waals surface area contributed by atoms with Crippen molar-refractivity contribution in [1.29, 1.82) is 5.26 Å². The Hall–Kier alpha value is -2.54. The number of hydrogen-bond donors (Lipinski definition) is 1. The number of benzene rings is 2. The summed E-state index contributed by atoms with van der Waals surface area (Å²) in [5, 5.41) is 8.95. The van der Waals surface area contributed by atoms with E-state index in [4.69, 9.17) is 11.0 Å². The van der Waals surface area contributed by atoms with Gasteiger partial charge in [-0.3, -0.25) is 0 Å². The average Bonchev–Trinajstić information content (AvgIpc) is 2.42. The Labute approximate surface area is 111 Å². The molecule has 19 heavy (non-hydrogen) atoms. The van der Waals surface area contributed by atoms with E-state index in [0.717, 1.165) is 5.69 Å². The number of nitrogen functional groups attached to an aromatic ring is 1. The first-order valence-electron chi connectivity index (χ1n) is 5.86. The van der Waals surface area contributed by atoms with Gasteiger partial charge in [-0.1, -0.05) is 18.2 Å². The number of anilines is 2. The van der Waals surface area contributed by atoms with E-state index >= 15 is 0 Å². The monoisotopic (exact) mass is 255 g/mol. The summed E-state index contributed by atoms with van der Waals surface area (Å²) in [6, 6.07) is 13.9. The van der Waals surface area contributed by atoms with Gasteiger partial charge in [-0.2, -0.15) is 5.26 Å². The first-order valence-corrected chi connectivity index (χ1v) is 5.86. The zero-order valence-corrected chi connectivity index (χ0v) is 10.6. The molecule has 4 heteroatoms. The molecular formula is C15H14FN3. The molecule has 2 rings (SSSR count).